The van der Waals surface area contributed by atoms with Gasteiger partial charge in [-0.2, -0.15) is 0 Å². The van der Waals surface area contributed by atoms with E-state index in [4.69, 9.17) is 9.47 Å². The lowest BCUT2D eigenvalue weighted by atomic mass is 9.67. The van der Waals surface area contributed by atoms with Crippen LogP contribution in [0.25, 0.3) is 0 Å². The highest BCUT2D eigenvalue weighted by atomic mass is 16.7. The average Bonchev–Trinajstić information content (AvgIpc) is 2.91. The van der Waals surface area contributed by atoms with Crippen molar-refractivity contribution >= 4 is 11.6 Å². The Morgan fingerprint density at radius 1 is 1.07 bits per heavy atom. The molecule has 0 amide bonds. The third kappa shape index (κ3) is 2.50. The number of hydrogen-bond acceptors (Lipinski definition) is 6. The largest absolute Gasteiger partial charge is 0.507 e. The van der Waals surface area contributed by atoms with E-state index >= 15 is 0 Å². The van der Waals surface area contributed by atoms with Crippen molar-refractivity contribution in [3.63, 3.8) is 0 Å². The monoisotopic (exact) mass is 388 g/mol. The number of carbonyl (C=O) groups is 2. The van der Waals surface area contributed by atoms with Crippen LogP contribution in [0.4, 0.5) is 0 Å². The minimum absolute atomic E-state index is 0.00475. The van der Waals surface area contributed by atoms with Crippen LogP contribution in [0.2, 0.25) is 0 Å². The molecule has 2 aliphatic heterocycles. The van der Waals surface area contributed by atoms with Crippen LogP contribution in [0.3, 0.4) is 0 Å². The number of ether oxygens (including phenoxy) is 2. The molecule has 0 spiro atoms. The minimum atomic E-state index is -0.850. The fraction of sp³-hybridized carbons (Fsp3) is 0.636. The lowest BCUT2D eigenvalue weighted by Crippen LogP contribution is -2.50. The molecule has 3 atom stereocenters. The van der Waals surface area contributed by atoms with E-state index in [0.29, 0.717) is 12.0 Å². The zero-order chi connectivity index (χ0) is 20.4. The van der Waals surface area contributed by atoms with Crippen LogP contribution in [0, 0.1) is 5.92 Å². The summed E-state index contributed by atoms with van der Waals surface area (Å²) in [7, 11) is 0. The van der Waals surface area contributed by atoms with Crippen LogP contribution < -0.4 is 4.74 Å². The van der Waals surface area contributed by atoms with Gasteiger partial charge in [-0.15, -0.1) is 0 Å². The maximum absolute atomic E-state index is 12.7. The Balaban J connectivity index is 2.02. The van der Waals surface area contributed by atoms with E-state index in [1.165, 1.54) is 0 Å². The molecular formula is C22H28O6. The number of phenols is 2. The highest BCUT2D eigenvalue weighted by molar-refractivity contribution is 6.09. The molecule has 0 aromatic heterocycles. The molecule has 6 nitrogen and oxygen atoms in total. The number of hydrogen-bond donors (Lipinski definition) is 2. The van der Waals surface area contributed by atoms with Crippen LogP contribution in [0.5, 0.6) is 17.2 Å². The van der Waals surface area contributed by atoms with E-state index in [1.807, 2.05) is 13.8 Å². The minimum Gasteiger partial charge on any atom is -0.507 e. The number of Topliss-reactive ketones (excluding diaryl/α,β-unsaturated/α-hetero) is 2. The summed E-state index contributed by atoms with van der Waals surface area (Å²) in [5, 5.41) is 21.9. The topological polar surface area (TPSA) is 93.1 Å². The summed E-state index contributed by atoms with van der Waals surface area (Å²) >= 11 is 0. The summed E-state index contributed by atoms with van der Waals surface area (Å²) < 4.78 is 12.7. The normalized spacial score (nSPS) is 29.6. The summed E-state index contributed by atoms with van der Waals surface area (Å²) in [5.41, 5.74) is -0.0414. The van der Waals surface area contributed by atoms with Crippen LogP contribution >= 0.6 is 0 Å². The maximum atomic E-state index is 12.7. The van der Waals surface area contributed by atoms with Crippen molar-refractivity contribution in [3.05, 3.63) is 16.7 Å². The van der Waals surface area contributed by atoms with Gasteiger partial charge in [-0.05, 0) is 33.1 Å². The Bertz CT molecular complexity index is 871. The molecule has 1 aliphatic carbocycles. The molecule has 2 fully saturated rings. The maximum Gasteiger partial charge on any atom is 0.214 e. The van der Waals surface area contributed by atoms with Gasteiger partial charge in [-0.3, -0.25) is 9.59 Å². The molecule has 2 N–H and O–H groups in total. The van der Waals surface area contributed by atoms with Crippen molar-refractivity contribution in [1.29, 1.82) is 0 Å². The van der Waals surface area contributed by atoms with Crippen LogP contribution in [0.1, 0.15) is 98.4 Å². The molecule has 2 bridgehead atoms. The van der Waals surface area contributed by atoms with Gasteiger partial charge in [0.1, 0.15) is 28.4 Å². The molecule has 1 aromatic rings. The van der Waals surface area contributed by atoms with Gasteiger partial charge in [0, 0.05) is 36.7 Å². The van der Waals surface area contributed by atoms with E-state index in [1.54, 1.807) is 13.8 Å². The predicted octanol–water partition coefficient (Wildman–Crippen LogP) is 4.45. The molecule has 3 aliphatic rings. The van der Waals surface area contributed by atoms with Gasteiger partial charge in [-0.1, -0.05) is 13.8 Å². The van der Waals surface area contributed by atoms with E-state index in [9.17, 15) is 19.8 Å². The van der Waals surface area contributed by atoms with Crippen molar-refractivity contribution in [3.8, 4) is 17.2 Å². The van der Waals surface area contributed by atoms with Gasteiger partial charge in [0.2, 0.25) is 5.79 Å². The van der Waals surface area contributed by atoms with Crippen LogP contribution in [0.15, 0.2) is 0 Å². The first kappa shape index (κ1) is 19.2. The Kier molecular flexibility index (Phi) is 4.27. The fourth-order valence-electron chi connectivity index (χ4n) is 5.44. The fourth-order valence-corrected chi connectivity index (χ4v) is 5.44. The summed E-state index contributed by atoms with van der Waals surface area (Å²) in [6.45, 7) is 7.40. The van der Waals surface area contributed by atoms with Crippen LogP contribution in [-0.2, 0) is 4.74 Å². The number of carbonyl (C=O) groups excluding carboxylic acids is 2. The van der Waals surface area contributed by atoms with Gasteiger partial charge in [0.15, 0.2) is 11.6 Å². The quantitative estimate of drug-likeness (QED) is 0.740. The van der Waals surface area contributed by atoms with E-state index in [0.717, 1.165) is 19.3 Å². The Labute approximate surface area is 164 Å². The number of benzene rings is 1. The zero-order valence-corrected chi connectivity index (χ0v) is 16.9. The van der Waals surface area contributed by atoms with E-state index in [-0.39, 0.29) is 58.7 Å². The van der Waals surface area contributed by atoms with Crippen molar-refractivity contribution in [2.45, 2.75) is 83.5 Å². The molecule has 0 radical (unpaired) electrons. The first-order valence-electron chi connectivity index (χ1n) is 10.2. The molecule has 0 unspecified atom stereocenters. The second-order valence-corrected chi connectivity index (χ2v) is 8.83. The summed E-state index contributed by atoms with van der Waals surface area (Å²) in [5.74, 6) is -2.11. The van der Waals surface area contributed by atoms with Crippen molar-refractivity contribution < 1.29 is 29.3 Å². The Morgan fingerprint density at radius 3 is 2.36 bits per heavy atom. The smallest absolute Gasteiger partial charge is 0.214 e. The predicted molar refractivity (Wildman–Crippen MR) is 102 cm³/mol. The number of aromatic hydroxyl groups is 2. The second-order valence-electron chi connectivity index (χ2n) is 8.83. The Morgan fingerprint density at radius 2 is 1.71 bits per heavy atom. The van der Waals surface area contributed by atoms with Crippen molar-refractivity contribution in [1.82, 2.24) is 0 Å². The first-order valence-corrected chi connectivity index (χ1v) is 10.2. The molecule has 4 rings (SSSR count). The standard InChI is InChI=1S/C22H28O6/c1-5-13(23)16-18(25)15-11-8-7-9-22(12(11)10-21(3,4)28-22)27-20(15)17(19(16)26)14(24)6-2/h11-12,25-26H,5-10H2,1-4H3/t11-,12-,22-/m0/s1. The van der Waals surface area contributed by atoms with Gasteiger partial charge in [0.25, 0.3) is 0 Å². The second kappa shape index (κ2) is 6.21. The number of phenolic OH excluding ortho intramolecular Hbond substituents is 2. The Hall–Kier alpha value is -2.08. The molecule has 1 aromatic carbocycles. The molecule has 152 valence electrons. The zero-order valence-electron chi connectivity index (χ0n) is 16.9. The number of ketones is 2. The third-order valence-corrected chi connectivity index (χ3v) is 6.53. The molecule has 28 heavy (non-hydrogen) atoms. The SMILES string of the molecule is CCC(=O)c1c(O)c(C(=O)CC)c2c(c1O)[C@H]1CCC[C@]3(O2)OC(C)(C)C[C@@H]13. The average molecular weight is 388 g/mol. The van der Waals surface area contributed by atoms with Crippen molar-refractivity contribution in [2.24, 2.45) is 5.92 Å². The lowest BCUT2D eigenvalue weighted by Gasteiger charge is -2.48. The number of rotatable bonds is 4. The van der Waals surface area contributed by atoms with Gasteiger partial charge in [-0.25, -0.2) is 0 Å². The molecule has 1 saturated heterocycles. The van der Waals surface area contributed by atoms with E-state index in [2.05, 4.69) is 0 Å². The molecular weight excluding hydrogens is 360 g/mol. The summed E-state index contributed by atoms with van der Waals surface area (Å²) in [6.07, 6.45) is 3.43. The molecule has 1 saturated carbocycles. The first-order chi connectivity index (χ1) is 13.2. The lowest BCUT2D eigenvalue weighted by molar-refractivity contribution is -0.234. The number of fused-ring (bicyclic) bond motifs is 2. The van der Waals surface area contributed by atoms with Gasteiger partial charge in [0.05, 0.1) is 5.60 Å². The van der Waals surface area contributed by atoms with E-state index < -0.39 is 17.3 Å². The van der Waals surface area contributed by atoms with Crippen molar-refractivity contribution in [2.75, 3.05) is 0 Å². The molecule has 6 heteroatoms. The molecule has 2 heterocycles. The van der Waals surface area contributed by atoms with Gasteiger partial charge >= 0.3 is 0 Å². The highest BCUT2D eigenvalue weighted by Crippen LogP contribution is 2.64. The third-order valence-electron chi connectivity index (χ3n) is 6.53. The summed E-state index contributed by atoms with van der Waals surface area (Å²) in [4.78, 5) is 25.3. The summed E-state index contributed by atoms with van der Waals surface area (Å²) in [6, 6.07) is 0. The van der Waals surface area contributed by atoms with Gasteiger partial charge < -0.3 is 19.7 Å². The van der Waals surface area contributed by atoms with Crippen LogP contribution in [-0.4, -0.2) is 33.2 Å². The highest BCUT2D eigenvalue weighted by Gasteiger charge is 2.62.